The number of nitrogens with zero attached hydrogens (tertiary/aromatic N) is 3. The van der Waals surface area contributed by atoms with E-state index in [4.69, 9.17) is 5.73 Å². The molecule has 0 bridgehead atoms. The molecule has 36 heavy (non-hydrogen) atoms. The molecule has 2 N–H and O–H groups in total. The van der Waals surface area contributed by atoms with Crippen LogP contribution in [-0.2, 0) is 0 Å². The fourth-order valence-corrected chi connectivity index (χ4v) is 5.41. The highest BCUT2D eigenvalue weighted by Gasteiger charge is 2.37. The average Bonchev–Trinajstić information content (AvgIpc) is 3.39. The maximum atomic E-state index is 14.0. The second-order valence-corrected chi connectivity index (χ2v) is 9.64. The first kappa shape index (κ1) is 26.2. The number of carbonyl (C=O) groups excluding carboxylic acids is 1. The Labute approximate surface area is 212 Å². The zero-order valence-corrected chi connectivity index (χ0v) is 21.4. The van der Waals surface area contributed by atoms with Gasteiger partial charge in [-0.1, -0.05) is 45.4 Å². The Kier molecular flexibility index (Phi) is 8.32. The Balaban J connectivity index is 1.69. The van der Waals surface area contributed by atoms with E-state index in [9.17, 15) is 13.6 Å². The van der Waals surface area contributed by atoms with Gasteiger partial charge in [0.15, 0.2) is 11.6 Å². The molecule has 7 heteroatoms. The summed E-state index contributed by atoms with van der Waals surface area (Å²) in [6.07, 6.45) is 2.74. The molecule has 1 aliphatic rings. The summed E-state index contributed by atoms with van der Waals surface area (Å²) in [5.74, 6) is -1.66. The van der Waals surface area contributed by atoms with Crippen molar-refractivity contribution in [2.24, 2.45) is 11.7 Å². The molecule has 3 atom stereocenters. The molecule has 1 aromatic heterocycles. The number of halogens is 2. The number of fused-ring (bicyclic) bond motifs is 1. The largest absolute Gasteiger partial charge is 0.334 e. The molecule has 2 heterocycles. The zero-order valence-electron chi connectivity index (χ0n) is 21.4. The summed E-state index contributed by atoms with van der Waals surface area (Å²) >= 11 is 0. The van der Waals surface area contributed by atoms with Crippen molar-refractivity contribution >= 4 is 16.8 Å². The van der Waals surface area contributed by atoms with Crippen LogP contribution in [0.1, 0.15) is 50.4 Å². The Morgan fingerprint density at radius 1 is 1.11 bits per heavy atom. The van der Waals surface area contributed by atoms with Crippen LogP contribution in [-0.4, -0.2) is 59.0 Å². The van der Waals surface area contributed by atoms with Gasteiger partial charge in [0.05, 0.1) is 16.8 Å². The topological polar surface area (TPSA) is 62.5 Å². The smallest absolute Gasteiger partial charge is 0.254 e. The second kappa shape index (κ2) is 11.4. The highest BCUT2D eigenvalue weighted by Crippen LogP contribution is 2.31. The number of nitrogens with two attached hydrogens (primary N) is 1. The van der Waals surface area contributed by atoms with Crippen LogP contribution in [0, 0.1) is 17.6 Å². The third-order valence-corrected chi connectivity index (χ3v) is 7.62. The molecule has 1 aliphatic heterocycles. The van der Waals surface area contributed by atoms with Crippen LogP contribution in [0.15, 0.2) is 48.5 Å². The fourth-order valence-electron chi connectivity index (χ4n) is 5.41. The van der Waals surface area contributed by atoms with Crippen LogP contribution in [0.25, 0.3) is 22.2 Å². The molecule has 3 aromatic rings. The summed E-state index contributed by atoms with van der Waals surface area (Å²) in [4.78, 5) is 23.0. The van der Waals surface area contributed by atoms with Crippen LogP contribution in [0.3, 0.4) is 0 Å². The van der Waals surface area contributed by atoms with Gasteiger partial charge in [-0.25, -0.2) is 13.8 Å². The van der Waals surface area contributed by atoms with Crippen LogP contribution in [0.5, 0.6) is 0 Å². The number of aromatic nitrogens is 1. The lowest BCUT2D eigenvalue weighted by Gasteiger charge is -2.36. The Morgan fingerprint density at radius 3 is 2.56 bits per heavy atom. The number of para-hydroxylation sites is 1. The minimum absolute atomic E-state index is 0.0448. The standard InChI is InChI=1S/C29H36F2N4O/c1-4-19(18-34(5-2)6-3)28(32)27-12-9-15-35(27)29(36)22-17-26(20-13-14-23(30)24(31)16-20)33-25-11-8-7-10-21(22)25/h7-8,10-11,13-14,16-17,19,27-28H,4-6,9,12,15,18,32H2,1-3H3/t19?,27-,28?/m0/s1. The van der Waals surface area contributed by atoms with Gasteiger partial charge in [0.1, 0.15) is 0 Å². The molecule has 2 aromatic carbocycles. The van der Waals surface area contributed by atoms with E-state index in [1.54, 1.807) is 6.07 Å². The minimum Gasteiger partial charge on any atom is -0.334 e. The molecule has 192 valence electrons. The van der Waals surface area contributed by atoms with E-state index in [2.05, 4.69) is 30.7 Å². The molecule has 1 saturated heterocycles. The first-order valence-electron chi connectivity index (χ1n) is 13.0. The summed E-state index contributed by atoms with van der Waals surface area (Å²) in [5, 5.41) is 0.739. The van der Waals surface area contributed by atoms with Crippen molar-refractivity contribution in [1.82, 2.24) is 14.8 Å². The fraction of sp³-hybridized carbons (Fsp3) is 0.448. The highest BCUT2D eigenvalue weighted by molar-refractivity contribution is 6.07. The number of amides is 1. The summed E-state index contributed by atoms with van der Waals surface area (Å²) in [5.41, 5.74) is 8.86. The SMILES string of the molecule is CCC(CN(CC)CC)C(N)[C@@H]1CCCN1C(=O)c1cc(-c2ccc(F)c(F)c2)nc2ccccc12. The summed E-state index contributed by atoms with van der Waals surface area (Å²) in [7, 11) is 0. The second-order valence-electron chi connectivity index (χ2n) is 9.64. The van der Waals surface area contributed by atoms with Gasteiger partial charge in [-0.2, -0.15) is 0 Å². The van der Waals surface area contributed by atoms with E-state index < -0.39 is 11.6 Å². The first-order chi connectivity index (χ1) is 17.4. The molecule has 2 unspecified atom stereocenters. The zero-order chi connectivity index (χ0) is 25.8. The number of hydrogen-bond acceptors (Lipinski definition) is 4. The van der Waals surface area contributed by atoms with E-state index in [0.29, 0.717) is 28.9 Å². The van der Waals surface area contributed by atoms with Crippen molar-refractivity contribution in [3.63, 3.8) is 0 Å². The van der Waals surface area contributed by atoms with Crippen molar-refractivity contribution in [3.8, 4) is 11.3 Å². The van der Waals surface area contributed by atoms with E-state index in [0.717, 1.165) is 56.4 Å². The van der Waals surface area contributed by atoms with Gasteiger partial charge in [-0.15, -0.1) is 0 Å². The molecular weight excluding hydrogens is 458 g/mol. The molecular formula is C29H36F2N4O. The quantitative estimate of drug-likeness (QED) is 0.428. The third kappa shape index (κ3) is 5.27. The molecule has 0 saturated carbocycles. The monoisotopic (exact) mass is 494 g/mol. The Bertz CT molecular complexity index is 1210. The number of carbonyl (C=O) groups is 1. The summed E-state index contributed by atoms with van der Waals surface area (Å²) < 4.78 is 27.5. The lowest BCUT2D eigenvalue weighted by Crippen LogP contribution is -2.52. The normalized spacial score (nSPS) is 17.6. The summed E-state index contributed by atoms with van der Waals surface area (Å²) in [6, 6.07) is 12.7. The van der Waals surface area contributed by atoms with Crippen LogP contribution in [0.2, 0.25) is 0 Å². The Hall–Kier alpha value is -2.90. The van der Waals surface area contributed by atoms with Crippen molar-refractivity contribution in [1.29, 1.82) is 0 Å². The van der Waals surface area contributed by atoms with Crippen molar-refractivity contribution in [2.75, 3.05) is 26.2 Å². The lowest BCUT2D eigenvalue weighted by molar-refractivity contribution is 0.0686. The highest BCUT2D eigenvalue weighted by atomic mass is 19.2. The van der Waals surface area contributed by atoms with E-state index >= 15 is 0 Å². The molecule has 1 amide bonds. The maximum absolute atomic E-state index is 14.0. The predicted octanol–water partition coefficient (Wildman–Crippen LogP) is 5.48. The van der Waals surface area contributed by atoms with Gasteiger partial charge in [-0.3, -0.25) is 4.79 Å². The van der Waals surface area contributed by atoms with Gasteiger partial charge in [0.2, 0.25) is 0 Å². The van der Waals surface area contributed by atoms with Gasteiger partial charge >= 0.3 is 0 Å². The van der Waals surface area contributed by atoms with E-state index in [1.165, 1.54) is 6.07 Å². The lowest BCUT2D eigenvalue weighted by atomic mass is 9.89. The van der Waals surface area contributed by atoms with Crippen molar-refractivity contribution in [3.05, 3.63) is 65.7 Å². The molecule has 4 rings (SSSR count). The Morgan fingerprint density at radius 2 is 1.86 bits per heavy atom. The van der Waals surface area contributed by atoms with Crippen molar-refractivity contribution in [2.45, 2.75) is 52.1 Å². The number of hydrogen-bond donors (Lipinski definition) is 1. The van der Waals surface area contributed by atoms with Crippen LogP contribution < -0.4 is 5.73 Å². The first-order valence-corrected chi connectivity index (χ1v) is 13.0. The van der Waals surface area contributed by atoms with Crippen LogP contribution in [0.4, 0.5) is 8.78 Å². The maximum Gasteiger partial charge on any atom is 0.254 e. The number of pyridine rings is 1. The van der Waals surface area contributed by atoms with Crippen LogP contribution >= 0.6 is 0 Å². The minimum atomic E-state index is -0.945. The van der Waals surface area contributed by atoms with Gasteiger partial charge in [0.25, 0.3) is 5.91 Å². The molecule has 5 nitrogen and oxygen atoms in total. The van der Waals surface area contributed by atoms with Gasteiger partial charge in [0, 0.05) is 36.1 Å². The number of likely N-dealkylation sites (tertiary alicyclic amines) is 1. The third-order valence-electron chi connectivity index (χ3n) is 7.62. The van der Waals surface area contributed by atoms with E-state index in [1.807, 2.05) is 29.2 Å². The molecule has 1 fully saturated rings. The molecule has 0 spiro atoms. The van der Waals surface area contributed by atoms with Gasteiger partial charge < -0.3 is 15.5 Å². The van der Waals surface area contributed by atoms with Crippen molar-refractivity contribution < 1.29 is 13.6 Å². The van der Waals surface area contributed by atoms with E-state index in [-0.39, 0.29) is 23.9 Å². The summed E-state index contributed by atoms with van der Waals surface area (Å²) in [6.45, 7) is 10.0. The molecule has 0 radical (unpaired) electrons. The average molecular weight is 495 g/mol. The predicted molar refractivity (Wildman–Crippen MR) is 141 cm³/mol. The van der Waals surface area contributed by atoms with Gasteiger partial charge in [-0.05, 0) is 62.2 Å². The number of rotatable bonds is 9. The molecule has 0 aliphatic carbocycles. The number of benzene rings is 2.